The van der Waals surface area contributed by atoms with Crippen LogP contribution in [-0.2, 0) is 4.79 Å². The number of benzene rings is 2. The van der Waals surface area contributed by atoms with E-state index in [0.717, 1.165) is 5.56 Å². The van der Waals surface area contributed by atoms with E-state index in [4.69, 9.17) is 11.6 Å². The molecule has 24 heavy (non-hydrogen) atoms. The van der Waals surface area contributed by atoms with Crippen LogP contribution in [0.2, 0.25) is 5.02 Å². The second kappa shape index (κ2) is 6.25. The largest absolute Gasteiger partial charge is 0.280 e. The fraction of sp³-hybridized carbons (Fsp3) is 0.0588. The first-order chi connectivity index (χ1) is 11.5. The zero-order valence-corrected chi connectivity index (χ0v) is 13.4. The molecule has 0 radical (unpaired) electrons. The van der Waals surface area contributed by atoms with Crippen molar-refractivity contribution in [2.45, 2.75) is 6.92 Å². The number of hydrazone groups is 1. The van der Waals surface area contributed by atoms with Gasteiger partial charge in [-0.1, -0.05) is 29.8 Å². The van der Waals surface area contributed by atoms with Gasteiger partial charge in [-0.3, -0.25) is 14.9 Å². The van der Waals surface area contributed by atoms with E-state index in [9.17, 15) is 14.9 Å². The number of nitrogens with zero attached hydrogens (tertiary/aromatic N) is 3. The number of amides is 1. The molecule has 0 fully saturated rings. The molecule has 0 spiro atoms. The molecule has 0 bridgehead atoms. The van der Waals surface area contributed by atoms with Gasteiger partial charge >= 0.3 is 0 Å². The van der Waals surface area contributed by atoms with Crippen LogP contribution in [0.3, 0.4) is 0 Å². The predicted molar refractivity (Wildman–Crippen MR) is 93.1 cm³/mol. The lowest BCUT2D eigenvalue weighted by Gasteiger charge is -2.11. The Morgan fingerprint density at radius 3 is 2.46 bits per heavy atom. The quantitative estimate of drug-likeness (QED) is 0.480. The number of anilines is 1. The number of nitro benzene ring substituents is 1. The van der Waals surface area contributed by atoms with Gasteiger partial charge in [0.05, 0.1) is 21.9 Å². The molecule has 0 aromatic heterocycles. The summed E-state index contributed by atoms with van der Waals surface area (Å²) in [4.78, 5) is 22.8. The third-order valence-electron chi connectivity index (χ3n) is 3.57. The molecule has 7 heteroatoms. The molecule has 3 rings (SSSR count). The molecule has 1 amide bonds. The van der Waals surface area contributed by atoms with Gasteiger partial charge in [0.15, 0.2) is 0 Å². The van der Waals surface area contributed by atoms with E-state index in [0.29, 0.717) is 22.0 Å². The molecule has 1 heterocycles. The Morgan fingerprint density at radius 2 is 1.83 bits per heavy atom. The van der Waals surface area contributed by atoms with Gasteiger partial charge in [0.2, 0.25) is 0 Å². The van der Waals surface area contributed by atoms with Gasteiger partial charge in [-0.05, 0) is 36.8 Å². The lowest BCUT2D eigenvalue weighted by molar-refractivity contribution is -0.384. The average Bonchev–Trinajstić information content (AvgIpc) is 2.85. The van der Waals surface area contributed by atoms with E-state index < -0.39 is 4.92 Å². The minimum Gasteiger partial charge on any atom is -0.267 e. The molecule has 0 unspecified atom stereocenters. The van der Waals surface area contributed by atoms with E-state index in [-0.39, 0.29) is 11.6 Å². The van der Waals surface area contributed by atoms with Crippen molar-refractivity contribution in [3.8, 4) is 0 Å². The fourth-order valence-corrected chi connectivity index (χ4v) is 2.51. The maximum Gasteiger partial charge on any atom is 0.280 e. The standard InChI is InChI=1S/C17H12ClN3O3/c1-11-15(10-12-4-2-3-5-16(12)18)17(22)20(19-11)13-6-8-14(9-7-13)21(23)24/h2-10H,1H3. The molecular weight excluding hydrogens is 330 g/mol. The molecule has 2 aromatic carbocycles. The molecule has 1 aliphatic heterocycles. The van der Waals surface area contributed by atoms with Crippen molar-refractivity contribution in [2.24, 2.45) is 5.10 Å². The first-order valence-corrected chi connectivity index (χ1v) is 7.46. The summed E-state index contributed by atoms with van der Waals surface area (Å²) in [5, 5.41) is 16.7. The second-order valence-electron chi connectivity index (χ2n) is 5.16. The molecule has 1 aliphatic rings. The summed E-state index contributed by atoms with van der Waals surface area (Å²) in [5.74, 6) is -0.304. The topological polar surface area (TPSA) is 75.8 Å². The zero-order valence-electron chi connectivity index (χ0n) is 12.6. The fourth-order valence-electron chi connectivity index (χ4n) is 2.32. The van der Waals surface area contributed by atoms with Crippen LogP contribution in [0.5, 0.6) is 0 Å². The normalized spacial score (nSPS) is 15.8. The van der Waals surface area contributed by atoms with Crippen LogP contribution in [0.15, 0.2) is 59.2 Å². The van der Waals surface area contributed by atoms with Crippen LogP contribution in [0, 0.1) is 10.1 Å². The summed E-state index contributed by atoms with van der Waals surface area (Å²) in [7, 11) is 0. The monoisotopic (exact) mass is 341 g/mol. The summed E-state index contributed by atoms with van der Waals surface area (Å²) < 4.78 is 0. The van der Waals surface area contributed by atoms with Gasteiger partial charge in [-0.15, -0.1) is 0 Å². The minimum atomic E-state index is -0.493. The number of hydrogen-bond acceptors (Lipinski definition) is 4. The number of carbonyl (C=O) groups excluding carboxylic acids is 1. The van der Waals surface area contributed by atoms with Gasteiger partial charge in [0.1, 0.15) is 0 Å². The summed E-state index contributed by atoms with van der Waals surface area (Å²) in [6.07, 6.45) is 1.69. The third-order valence-corrected chi connectivity index (χ3v) is 3.92. The first-order valence-electron chi connectivity index (χ1n) is 7.08. The van der Waals surface area contributed by atoms with Crippen molar-refractivity contribution in [2.75, 3.05) is 5.01 Å². The molecule has 0 aliphatic carbocycles. The lowest BCUT2D eigenvalue weighted by Crippen LogP contribution is -2.21. The maximum atomic E-state index is 12.6. The van der Waals surface area contributed by atoms with Crippen LogP contribution < -0.4 is 5.01 Å². The van der Waals surface area contributed by atoms with Gasteiger partial charge in [0, 0.05) is 17.2 Å². The van der Waals surface area contributed by atoms with Crippen LogP contribution in [0.4, 0.5) is 11.4 Å². The summed E-state index contributed by atoms with van der Waals surface area (Å²) in [5.41, 5.74) is 2.13. The second-order valence-corrected chi connectivity index (χ2v) is 5.56. The number of nitro groups is 1. The SMILES string of the molecule is CC1=NN(c2ccc([N+](=O)[O-])cc2)C(=O)C1=Cc1ccccc1Cl. The van der Waals surface area contributed by atoms with Crippen molar-refractivity contribution in [3.63, 3.8) is 0 Å². The van der Waals surface area contributed by atoms with Crippen LogP contribution in [-0.4, -0.2) is 16.5 Å². The van der Waals surface area contributed by atoms with Crippen molar-refractivity contribution in [1.82, 2.24) is 0 Å². The summed E-state index contributed by atoms with van der Waals surface area (Å²) in [6, 6.07) is 12.9. The number of carbonyl (C=O) groups is 1. The highest BCUT2D eigenvalue weighted by molar-refractivity contribution is 6.34. The van der Waals surface area contributed by atoms with Gasteiger partial charge in [-0.25, -0.2) is 0 Å². The van der Waals surface area contributed by atoms with Crippen LogP contribution in [0.25, 0.3) is 6.08 Å². The first kappa shape index (κ1) is 15.9. The van der Waals surface area contributed by atoms with Crippen LogP contribution >= 0.6 is 11.6 Å². The zero-order chi connectivity index (χ0) is 17.3. The van der Waals surface area contributed by atoms with Crippen LogP contribution in [0.1, 0.15) is 12.5 Å². The Kier molecular flexibility index (Phi) is 4.14. The molecule has 0 saturated heterocycles. The maximum absolute atomic E-state index is 12.6. The Morgan fingerprint density at radius 1 is 1.17 bits per heavy atom. The Labute approximate surface area is 142 Å². The van der Waals surface area contributed by atoms with E-state index >= 15 is 0 Å². The molecular formula is C17H12ClN3O3. The van der Waals surface area contributed by atoms with Crippen molar-refractivity contribution in [3.05, 3.63) is 74.8 Å². The molecule has 0 N–H and O–H groups in total. The Bertz CT molecular complexity index is 888. The highest BCUT2D eigenvalue weighted by Crippen LogP contribution is 2.27. The third kappa shape index (κ3) is 2.91. The summed E-state index contributed by atoms with van der Waals surface area (Å²) in [6.45, 7) is 1.73. The highest BCUT2D eigenvalue weighted by atomic mass is 35.5. The minimum absolute atomic E-state index is 0.0436. The van der Waals surface area contributed by atoms with Crippen molar-refractivity contribution in [1.29, 1.82) is 0 Å². The molecule has 0 saturated carbocycles. The van der Waals surface area contributed by atoms with E-state index in [1.54, 1.807) is 19.1 Å². The van der Waals surface area contributed by atoms with Gasteiger partial charge in [0.25, 0.3) is 11.6 Å². The Balaban J connectivity index is 1.93. The molecule has 6 nitrogen and oxygen atoms in total. The van der Waals surface area contributed by atoms with Gasteiger partial charge in [-0.2, -0.15) is 10.1 Å². The summed E-state index contributed by atoms with van der Waals surface area (Å²) >= 11 is 6.13. The molecule has 2 aromatic rings. The number of halogens is 1. The van der Waals surface area contributed by atoms with Crippen molar-refractivity contribution < 1.29 is 9.72 Å². The predicted octanol–water partition coefficient (Wildman–Crippen LogP) is 4.05. The van der Waals surface area contributed by atoms with Gasteiger partial charge < -0.3 is 0 Å². The Hall–Kier alpha value is -2.99. The van der Waals surface area contributed by atoms with E-state index in [2.05, 4.69) is 5.10 Å². The average molecular weight is 342 g/mol. The number of non-ortho nitro benzene ring substituents is 1. The smallest absolute Gasteiger partial charge is 0.267 e. The van der Waals surface area contributed by atoms with E-state index in [1.165, 1.54) is 29.3 Å². The number of rotatable bonds is 3. The lowest BCUT2D eigenvalue weighted by atomic mass is 10.1. The number of hydrogen-bond donors (Lipinski definition) is 0. The molecule has 120 valence electrons. The molecule has 0 atom stereocenters. The highest BCUT2D eigenvalue weighted by Gasteiger charge is 2.29. The van der Waals surface area contributed by atoms with E-state index in [1.807, 2.05) is 18.2 Å². The van der Waals surface area contributed by atoms with Crippen molar-refractivity contribution >= 4 is 40.7 Å².